The molecular formula is C19H24N4O4. The first-order valence-corrected chi connectivity index (χ1v) is 8.99. The van der Waals surface area contributed by atoms with Gasteiger partial charge in [-0.1, -0.05) is 19.1 Å². The Morgan fingerprint density at radius 3 is 2.59 bits per heavy atom. The first-order valence-electron chi connectivity index (χ1n) is 8.99. The van der Waals surface area contributed by atoms with Crippen molar-refractivity contribution in [2.75, 3.05) is 7.11 Å². The molecule has 8 nitrogen and oxygen atoms in total. The maximum absolute atomic E-state index is 13.0. The third-order valence-electron chi connectivity index (χ3n) is 5.16. The van der Waals surface area contributed by atoms with Gasteiger partial charge in [-0.15, -0.1) is 10.2 Å². The molecule has 1 N–H and O–H groups in total. The minimum atomic E-state index is -1.01. The number of aromatic nitrogens is 3. The summed E-state index contributed by atoms with van der Waals surface area (Å²) in [6, 6.07) is 6.73. The van der Waals surface area contributed by atoms with Crippen LogP contribution in [-0.4, -0.2) is 49.8 Å². The van der Waals surface area contributed by atoms with Crippen LogP contribution in [0.15, 0.2) is 24.3 Å². The second-order valence-corrected chi connectivity index (χ2v) is 6.73. The average Bonchev–Trinajstić information content (AvgIpc) is 3.05. The Kier molecular flexibility index (Phi) is 5.43. The highest BCUT2D eigenvalue weighted by molar-refractivity contribution is 5.84. The van der Waals surface area contributed by atoms with E-state index in [1.54, 1.807) is 18.6 Å². The minimum absolute atomic E-state index is 0.0133. The summed E-state index contributed by atoms with van der Waals surface area (Å²) in [6.45, 7) is 4.14. The first-order chi connectivity index (χ1) is 12.9. The van der Waals surface area contributed by atoms with Crippen LogP contribution < -0.4 is 4.74 Å². The molecule has 1 aliphatic heterocycles. The Morgan fingerprint density at radius 2 is 2.00 bits per heavy atom. The monoisotopic (exact) mass is 372 g/mol. The number of hydrogen-bond donors (Lipinski definition) is 1. The Hall–Kier alpha value is -2.90. The summed E-state index contributed by atoms with van der Waals surface area (Å²) in [4.78, 5) is 26.1. The normalized spacial score (nSPS) is 17.3. The van der Waals surface area contributed by atoms with E-state index in [0.717, 1.165) is 17.7 Å². The van der Waals surface area contributed by atoms with Crippen LogP contribution in [-0.2, 0) is 22.7 Å². The van der Waals surface area contributed by atoms with Crippen LogP contribution in [0.25, 0.3) is 0 Å². The van der Waals surface area contributed by atoms with Gasteiger partial charge >= 0.3 is 5.97 Å². The largest absolute Gasteiger partial charge is 0.497 e. The molecule has 0 radical (unpaired) electrons. The van der Waals surface area contributed by atoms with E-state index in [4.69, 9.17) is 4.74 Å². The number of carboxylic acid groups (broad SMARTS) is 1. The van der Waals surface area contributed by atoms with Crippen LogP contribution in [0.5, 0.6) is 5.75 Å². The summed E-state index contributed by atoms with van der Waals surface area (Å²) in [7, 11) is 1.61. The lowest BCUT2D eigenvalue weighted by atomic mass is 9.92. The van der Waals surface area contributed by atoms with E-state index in [-0.39, 0.29) is 31.3 Å². The molecule has 0 bridgehead atoms. The molecule has 27 heavy (non-hydrogen) atoms. The highest BCUT2D eigenvalue weighted by atomic mass is 16.5. The van der Waals surface area contributed by atoms with Crippen molar-refractivity contribution in [3.05, 3.63) is 41.5 Å². The van der Waals surface area contributed by atoms with E-state index in [2.05, 4.69) is 10.2 Å². The highest BCUT2D eigenvalue weighted by Gasteiger charge is 2.36. The summed E-state index contributed by atoms with van der Waals surface area (Å²) >= 11 is 0. The fraction of sp³-hybridized carbons (Fsp3) is 0.474. The zero-order valence-corrected chi connectivity index (χ0v) is 15.8. The van der Waals surface area contributed by atoms with E-state index in [1.165, 1.54) is 4.90 Å². The number of benzene rings is 1. The summed E-state index contributed by atoms with van der Waals surface area (Å²) in [5, 5.41) is 17.7. The van der Waals surface area contributed by atoms with E-state index in [0.29, 0.717) is 11.6 Å². The van der Waals surface area contributed by atoms with Crippen molar-refractivity contribution in [3.63, 3.8) is 0 Å². The molecule has 1 aliphatic rings. The Bertz CT molecular complexity index is 831. The quantitative estimate of drug-likeness (QED) is 0.833. The predicted octanol–water partition coefficient (Wildman–Crippen LogP) is 1.97. The van der Waals surface area contributed by atoms with Crippen molar-refractivity contribution in [1.82, 2.24) is 19.7 Å². The number of rotatable bonds is 6. The van der Waals surface area contributed by atoms with Crippen molar-refractivity contribution >= 4 is 11.9 Å². The van der Waals surface area contributed by atoms with Crippen molar-refractivity contribution in [3.8, 4) is 5.75 Å². The topological polar surface area (TPSA) is 97.6 Å². The predicted molar refractivity (Wildman–Crippen MR) is 97.4 cm³/mol. The van der Waals surface area contributed by atoms with Gasteiger partial charge in [0.1, 0.15) is 17.6 Å². The number of carboxylic acids is 1. The number of carbonyl (C=O) groups is 2. The maximum Gasteiger partial charge on any atom is 0.328 e. The van der Waals surface area contributed by atoms with Crippen molar-refractivity contribution in [1.29, 1.82) is 0 Å². The summed E-state index contributed by atoms with van der Waals surface area (Å²) in [5.41, 5.74) is 1.04. The molecule has 0 saturated carbocycles. The van der Waals surface area contributed by atoms with Gasteiger partial charge < -0.3 is 19.3 Å². The molecule has 0 fully saturated rings. The van der Waals surface area contributed by atoms with E-state index < -0.39 is 12.0 Å². The number of fused-ring (bicyclic) bond motifs is 1. The molecule has 1 aromatic carbocycles. The molecule has 1 amide bonds. The van der Waals surface area contributed by atoms with Gasteiger partial charge in [0.2, 0.25) is 5.91 Å². The molecular weight excluding hydrogens is 348 g/mol. The molecule has 144 valence electrons. The SMILES string of the molecule is CCC(CC(=O)N1Cc2nnc(C)n2CC1C(=O)O)c1ccc(OC)cc1. The van der Waals surface area contributed by atoms with Crippen molar-refractivity contribution in [2.45, 2.75) is 51.7 Å². The van der Waals surface area contributed by atoms with Gasteiger partial charge in [0, 0.05) is 6.42 Å². The third kappa shape index (κ3) is 3.79. The number of amides is 1. The average molecular weight is 372 g/mol. The number of hydrogen-bond acceptors (Lipinski definition) is 5. The van der Waals surface area contributed by atoms with Gasteiger partial charge in [-0.05, 0) is 37.0 Å². The fourth-order valence-corrected chi connectivity index (χ4v) is 3.49. The van der Waals surface area contributed by atoms with Crippen LogP contribution in [0.4, 0.5) is 0 Å². The Labute approximate surface area is 157 Å². The van der Waals surface area contributed by atoms with Gasteiger partial charge in [0.15, 0.2) is 5.82 Å². The van der Waals surface area contributed by atoms with Crippen LogP contribution in [0, 0.1) is 6.92 Å². The molecule has 2 atom stereocenters. The Morgan fingerprint density at radius 1 is 1.30 bits per heavy atom. The van der Waals surface area contributed by atoms with Gasteiger partial charge in [-0.25, -0.2) is 4.79 Å². The van der Waals surface area contributed by atoms with Gasteiger partial charge in [0.25, 0.3) is 0 Å². The molecule has 3 rings (SSSR count). The number of ether oxygens (including phenoxy) is 1. The standard InChI is InChI=1S/C19H24N4O4/c1-4-13(14-5-7-15(27-3)8-6-14)9-18(24)23-11-17-21-20-12(2)22(17)10-16(23)19(25)26/h5-8,13,16H,4,9-11H2,1-3H3,(H,25,26). The van der Waals surface area contributed by atoms with Crippen molar-refractivity contribution < 1.29 is 19.4 Å². The summed E-state index contributed by atoms with van der Waals surface area (Å²) in [5.74, 6) is 0.858. The third-order valence-corrected chi connectivity index (χ3v) is 5.16. The van der Waals surface area contributed by atoms with E-state index in [1.807, 2.05) is 31.2 Å². The zero-order chi connectivity index (χ0) is 19.6. The highest BCUT2D eigenvalue weighted by Crippen LogP contribution is 2.28. The number of aliphatic carboxylic acids is 1. The summed E-state index contributed by atoms with van der Waals surface area (Å²) in [6.07, 6.45) is 1.03. The Balaban J connectivity index is 1.79. The number of nitrogens with zero attached hydrogens (tertiary/aromatic N) is 4. The van der Waals surface area contributed by atoms with Gasteiger partial charge in [-0.2, -0.15) is 0 Å². The van der Waals surface area contributed by atoms with E-state index in [9.17, 15) is 14.7 Å². The molecule has 1 aromatic heterocycles. The van der Waals surface area contributed by atoms with Crippen LogP contribution in [0.2, 0.25) is 0 Å². The van der Waals surface area contributed by atoms with Crippen molar-refractivity contribution in [2.24, 2.45) is 0 Å². The lowest BCUT2D eigenvalue weighted by molar-refractivity contribution is -0.153. The summed E-state index contributed by atoms with van der Waals surface area (Å²) < 4.78 is 6.95. The molecule has 0 saturated heterocycles. The minimum Gasteiger partial charge on any atom is -0.497 e. The van der Waals surface area contributed by atoms with Crippen LogP contribution >= 0.6 is 0 Å². The molecule has 0 aliphatic carbocycles. The number of aryl methyl sites for hydroxylation is 1. The number of methoxy groups -OCH3 is 1. The first kappa shape index (κ1) is 18.9. The maximum atomic E-state index is 13.0. The molecule has 2 aromatic rings. The van der Waals surface area contributed by atoms with E-state index >= 15 is 0 Å². The molecule has 8 heteroatoms. The van der Waals surface area contributed by atoms with Gasteiger partial charge in [-0.3, -0.25) is 4.79 Å². The lowest BCUT2D eigenvalue weighted by Gasteiger charge is -2.34. The molecule has 2 unspecified atom stereocenters. The fourth-order valence-electron chi connectivity index (χ4n) is 3.49. The number of carbonyl (C=O) groups excluding carboxylic acids is 1. The second-order valence-electron chi connectivity index (χ2n) is 6.73. The van der Waals surface area contributed by atoms with Gasteiger partial charge in [0.05, 0.1) is 20.2 Å². The molecule has 0 spiro atoms. The lowest BCUT2D eigenvalue weighted by Crippen LogP contribution is -2.51. The molecule has 2 heterocycles. The smallest absolute Gasteiger partial charge is 0.328 e. The second kappa shape index (κ2) is 7.77. The van der Waals surface area contributed by atoms with Crippen LogP contribution in [0.3, 0.4) is 0 Å². The van der Waals surface area contributed by atoms with Crippen LogP contribution in [0.1, 0.15) is 42.9 Å². The zero-order valence-electron chi connectivity index (χ0n) is 15.8.